The number of fused-ring (bicyclic) bond motifs is 1. The van der Waals surface area contributed by atoms with Crippen LogP contribution in [0.4, 0.5) is 0 Å². The normalized spacial score (nSPS) is 16.8. The zero-order chi connectivity index (χ0) is 26.3. The van der Waals surface area contributed by atoms with Crippen molar-refractivity contribution >= 4 is 17.8 Å². The van der Waals surface area contributed by atoms with Crippen molar-refractivity contribution in [1.82, 2.24) is 9.80 Å². The van der Waals surface area contributed by atoms with Gasteiger partial charge in [-0.25, -0.2) is 4.99 Å². The summed E-state index contributed by atoms with van der Waals surface area (Å²) in [6.07, 6.45) is 0. The van der Waals surface area contributed by atoms with Gasteiger partial charge in [-0.3, -0.25) is 14.5 Å². The molecule has 6 rings (SSSR count). The Hall–Kier alpha value is -4.71. The average Bonchev–Trinajstić information content (AvgIpc) is 3.52. The summed E-state index contributed by atoms with van der Waals surface area (Å²) in [4.78, 5) is 35.9. The Morgan fingerprint density at radius 2 is 1.37 bits per heavy atom. The van der Waals surface area contributed by atoms with Crippen LogP contribution in [0.25, 0.3) is 0 Å². The Balaban J connectivity index is 1.32. The topological polar surface area (TPSA) is 79.0 Å². The van der Waals surface area contributed by atoms with Crippen molar-refractivity contribution < 1.29 is 9.59 Å². The second-order valence-corrected chi connectivity index (χ2v) is 9.82. The fraction of sp³-hybridized carbons (Fsp3) is 0.156. The first-order valence-corrected chi connectivity index (χ1v) is 12.7. The van der Waals surface area contributed by atoms with E-state index in [2.05, 4.69) is 12.1 Å². The van der Waals surface area contributed by atoms with Crippen LogP contribution in [0.15, 0.2) is 114 Å². The van der Waals surface area contributed by atoms with Crippen molar-refractivity contribution in [2.24, 2.45) is 10.7 Å². The summed E-state index contributed by atoms with van der Waals surface area (Å²) in [6.45, 7) is 3.10. The molecule has 0 saturated carbocycles. The molecule has 38 heavy (non-hydrogen) atoms. The zero-order valence-corrected chi connectivity index (χ0v) is 21.1. The molecule has 0 radical (unpaired) electrons. The van der Waals surface area contributed by atoms with Gasteiger partial charge < -0.3 is 10.6 Å². The van der Waals surface area contributed by atoms with Crippen molar-refractivity contribution in [2.45, 2.75) is 31.6 Å². The van der Waals surface area contributed by atoms with Crippen molar-refractivity contribution in [3.63, 3.8) is 0 Å². The van der Waals surface area contributed by atoms with Crippen LogP contribution in [0.2, 0.25) is 0 Å². The highest BCUT2D eigenvalue weighted by molar-refractivity contribution is 6.09. The van der Waals surface area contributed by atoms with Crippen LogP contribution in [0, 0.1) is 0 Å². The third kappa shape index (κ3) is 3.77. The molecule has 0 spiro atoms. The summed E-state index contributed by atoms with van der Waals surface area (Å²) >= 11 is 0. The summed E-state index contributed by atoms with van der Waals surface area (Å²) in [5.74, 6) is -0.0962. The number of carbonyl (C=O) groups is 2. The molecule has 6 nitrogen and oxygen atoms in total. The van der Waals surface area contributed by atoms with E-state index >= 15 is 0 Å². The van der Waals surface area contributed by atoms with Gasteiger partial charge in [-0.15, -0.1) is 0 Å². The van der Waals surface area contributed by atoms with Gasteiger partial charge in [-0.05, 0) is 46.9 Å². The monoisotopic (exact) mass is 500 g/mol. The highest BCUT2D eigenvalue weighted by atomic mass is 16.2. The number of nitrogens with two attached hydrogens (primary N) is 1. The Morgan fingerprint density at radius 1 is 0.816 bits per heavy atom. The predicted octanol–water partition coefficient (Wildman–Crippen LogP) is 5.00. The van der Waals surface area contributed by atoms with Gasteiger partial charge in [0.15, 0.2) is 11.5 Å². The lowest BCUT2D eigenvalue weighted by molar-refractivity contribution is -0.131. The van der Waals surface area contributed by atoms with Gasteiger partial charge in [-0.2, -0.15) is 0 Å². The van der Waals surface area contributed by atoms with E-state index in [1.807, 2.05) is 109 Å². The van der Waals surface area contributed by atoms with Crippen LogP contribution in [0.1, 0.15) is 51.1 Å². The van der Waals surface area contributed by atoms with E-state index < -0.39 is 11.6 Å². The van der Waals surface area contributed by atoms with Crippen LogP contribution in [-0.2, 0) is 23.4 Å². The van der Waals surface area contributed by atoms with E-state index in [1.54, 1.807) is 4.90 Å². The first kappa shape index (κ1) is 23.7. The highest BCUT2D eigenvalue weighted by Gasteiger charge is 2.51. The van der Waals surface area contributed by atoms with Crippen molar-refractivity contribution in [1.29, 1.82) is 0 Å². The van der Waals surface area contributed by atoms with Crippen LogP contribution in [0.3, 0.4) is 0 Å². The molecule has 1 atom stereocenters. The minimum Gasteiger partial charge on any atom is -0.369 e. The molecule has 188 valence electrons. The maximum absolute atomic E-state index is 14.3. The summed E-state index contributed by atoms with van der Waals surface area (Å²) in [5, 5.41) is 0. The number of hydrogen-bond donors (Lipinski definition) is 1. The number of nitrogens with zero attached hydrogens (tertiary/aromatic N) is 3. The first-order valence-electron chi connectivity index (χ1n) is 12.7. The van der Waals surface area contributed by atoms with E-state index in [0.29, 0.717) is 18.7 Å². The largest absolute Gasteiger partial charge is 0.369 e. The molecule has 2 aliphatic heterocycles. The van der Waals surface area contributed by atoms with Crippen LogP contribution >= 0.6 is 0 Å². The smallest absolute Gasteiger partial charge is 0.267 e. The summed E-state index contributed by atoms with van der Waals surface area (Å²) in [5.41, 5.74) is 10.5. The number of hydrogen-bond acceptors (Lipinski definition) is 4. The fourth-order valence-electron chi connectivity index (χ4n) is 5.57. The molecule has 2 amide bonds. The molecule has 0 bridgehead atoms. The molecule has 4 aromatic carbocycles. The molecule has 2 N–H and O–H groups in total. The van der Waals surface area contributed by atoms with Crippen LogP contribution in [0.5, 0.6) is 0 Å². The number of rotatable bonds is 5. The van der Waals surface area contributed by atoms with E-state index in [9.17, 15) is 9.59 Å². The second-order valence-electron chi connectivity index (χ2n) is 9.82. The number of benzene rings is 4. The molecule has 2 aliphatic rings. The molecule has 0 saturated heterocycles. The van der Waals surface area contributed by atoms with Crippen molar-refractivity contribution in [3.8, 4) is 0 Å². The molecule has 2 heterocycles. The summed E-state index contributed by atoms with van der Waals surface area (Å²) in [6, 6.07) is 34.2. The highest BCUT2D eigenvalue weighted by Crippen LogP contribution is 2.42. The molecule has 0 aromatic heterocycles. The molecule has 6 heteroatoms. The van der Waals surface area contributed by atoms with E-state index in [0.717, 1.165) is 16.7 Å². The van der Waals surface area contributed by atoms with E-state index in [1.165, 1.54) is 11.1 Å². The molecular formula is C32H28N4O2. The molecule has 0 unspecified atom stereocenters. The van der Waals surface area contributed by atoms with Gasteiger partial charge in [0.25, 0.3) is 11.8 Å². The van der Waals surface area contributed by atoms with Gasteiger partial charge >= 0.3 is 0 Å². The molecular weight excluding hydrogens is 472 g/mol. The van der Waals surface area contributed by atoms with E-state index in [4.69, 9.17) is 10.7 Å². The maximum Gasteiger partial charge on any atom is 0.267 e. The van der Waals surface area contributed by atoms with Crippen molar-refractivity contribution in [3.05, 3.63) is 143 Å². The third-order valence-corrected chi connectivity index (χ3v) is 7.57. The predicted molar refractivity (Wildman–Crippen MR) is 147 cm³/mol. The molecule has 4 aromatic rings. The van der Waals surface area contributed by atoms with Gasteiger partial charge in [-0.1, -0.05) is 97.1 Å². The standard InChI is InChI=1S/C32H28N4O2/c1-22(23-13-10-14-24(19-23)29(37)35-20-25-11-8-9-12-26(25)21-35)36-30(38)32(34-31(36)33,27-15-4-2-5-16-27)28-17-6-3-7-18-28/h2-19,22H,20-21H2,1H3,(H2,33,34)/t22-/m0/s1. The summed E-state index contributed by atoms with van der Waals surface area (Å²) in [7, 11) is 0. The number of amides is 2. The minimum absolute atomic E-state index is 0.0347. The minimum atomic E-state index is -1.27. The number of aliphatic imine (C=N–C) groups is 1. The quantitative estimate of drug-likeness (QED) is 0.419. The SMILES string of the molecule is C[C@@H](c1cccc(C(=O)N2Cc3ccccc3C2)c1)N1C(=O)C(c2ccccc2)(c2ccccc2)N=C1N. The third-order valence-electron chi connectivity index (χ3n) is 7.57. The lowest BCUT2D eigenvalue weighted by Gasteiger charge is -2.30. The molecule has 0 aliphatic carbocycles. The number of guanidine groups is 1. The number of carbonyl (C=O) groups excluding carboxylic acids is 2. The maximum atomic E-state index is 14.3. The van der Waals surface area contributed by atoms with Gasteiger partial charge in [0.2, 0.25) is 0 Å². The Kier molecular flexibility index (Phi) is 5.80. The fourth-order valence-corrected chi connectivity index (χ4v) is 5.57. The van der Waals surface area contributed by atoms with Crippen LogP contribution in [-0.4, -0.2) is 27.6 Å². The Bertz CT molecular complexity index is 1480. The van der Waals surface area contributed by atoms with Crippen molar-refractivity contribution in [2.75, 3.05) is 0 Å². The summed E-state index contributed by atoms with van der Waals surface area (Å²) < 4.78 is 0. The average molecular weight is 501 g/mol. The second kappa shape index (κ2) is 9.30. The van der Waals surface area contributed by atoms with Gasteiger partial charge in [0.05, 0.1) is 6.04 Å². The zero-order valence-electron chi connectivity index (χ0n) is 21.1. The van der Waals surface area contributed by atoms with Crippen LogP contribution < -0.4 is 5.73 Å². The Labute approximate surface area is 222 Å². The van der Waals surface area contributed by atoms with E-state index in [-0.39, 0.29) is 17.8 Å². The lowest BCUT2D eigenvalue weighted by atomic mass is 9.82. The Morgan fingerprint density at radius 3 is 1.95 bits per heavy atom. The van der Waals surface area contributed by atoms with Gasteiger partial charge in [0, 0.05) is 18.7 Å². The first-order chi connectivity index (χ1) is 18.5. The lowest BCUT2D eigenvalue weighted by Crippen LogP contribution is -2.44. The molecule has 0 fully saturated rings. The van der Waals surface area contributed by atoms with Gasteiger partial charge in [0.1, 0.15) is 0 Å².